The Bertz CT molecular complexity index is 310. The predicted octanol–water partition coefficient (Wildman–Crippen LogP) is 1.80. The summed E-state index contributed by atoms with van der Waals surface area (Å²) < 4.78 is 0. The van der Waals surface area contributed by atoms with Gasteiger partial charge in [0.1, 0.15) is 6.07 Å². The van der Waals surface area contributed by atoms with Gasteiger partial charge in [0.2, 0.25) is 0 Å². The van der Waals surface area contributed by atoms with E-state index in [1.807, 2.05) is 6.07 Å². The monoisotopic (exact) mass is 175 g/mol. The molecule has 0 aliphatic carbocycles. The van der Waals surface area contributed by atoms with Gasteiger partial charge in [-0.1, -0.05) is 0 Å². The van der Waals surface area contributed by atoms with Crippen molar-refractivity contribution in [2.75, 3.05) is 18.0 Å². The zero-order valence-electron chi connectivity index (χ0n) is 7.99. The normalized spacial score (nSPS) is 9.31. The van der Waals surface area contributed by atoms with Gasteiger partial charge in [-0.15, -0.1) is 0 Å². The summed E-state index contributed by atoms with van der Waals surface area (Å²) >= 11 is 0. The van der Waals surface area contributed by atoms with Crippen LogP contribution in [-0.2, 0) is 0 Å². The number of rotatable bonds is 3. The lowest BCUT2D eigenvalue weighted by molar-refractivity contribution is 0.862. The molecule has 0 N–H and O–H groups in total. The summed E-state index contributed by atoms with van der Waals surface area (Å²) in [6.45, 7) is 5.97. The van der Waals surface area contributed by atoms with Gasteiger partial charge in [0.15, 0.2) is 0 Å². The summed E-state index contributed by atoms with van der Waals surface area (Å²) in [5.41, 5.74) is 1.62. The molecule has 3 nitrogen and oxygen atoms in total. The molecule has 0 spiro atoms. The third kappa shape index (κ3) is 1.97. The highest BCUT2D eigenvalue weighted by atomic mass is 15.1. The molecule has 0 radical (unpaired) electrons. The number of anilines is 1. The first-order valence-corrected chi connectivity index (χ1v) is 4.42. The zero-order valence-corrected chi connectivity index (χ0v) is 7.99. The van der Waals surface area contributed by atoms with E-state index in [1.165, 1.54) is 0 Å². The highest BCUT2D eigenvalue weighted by molar-refractivity contribution is 5.57. The Kier molecular flexibility index (Phi) is 3.27. The molecule has 1 aromatic rings. The number of aromatic nitrogens is 1. The molecule has 0 unspecified atom stereocenters. The first-order valence-electron chi connectivity index (χ1n) is 4.42. The minimum Gasteiger partial charge on any atom is -0.371 e. The predicted molar refractivity (Wildman–Crippen MR) is 52.5 cm³/mol. The summed E-state index contributed by atoms with van der Waals surface area (Å²) in [5.74, 6) is 0. The van der Waals surface area contributed by atoms with Crippen molar-refractivity contribution in [1.82, 2.24) is 4.98 Å². The van der Waals surface area contributed by atoms with Crippen LogP contribution < -0.4 is 4.90 Å². The molecule has 0 aliphatic rings. The van der Waals surface area contributed by atoms with Crippen LogP contribution in [0.3, 0.4) is 0 Å². The molecule has 68 valence electrons. The fourth-order valence-corrected chi connectivity index (χ4v) is 1.31. The number of nitriles is 1. The zero-order chi connectivity index (χ0) is 9.68. The van der Waals surface area contributed by atoms with Gasteiger partial charge in [-0.2, -0.15) is 5.26 Å². The van der Waals surface area contributed by atoms with Crippen molar-refractivity contribution in [1.29, 1.82) is 5.26 Å². The average Bonchev–Trinajstić information content (AvgIpc) is 2.20. The van der Waals surface area contributed by atoms with Gasteiger partial charge in [-0.25, -0.2) is 0 Å². The maximum absolute atomic E-state index is 8.84. The van der Waals surface area contributed by atoms with Crippen LogP contribution in [0.5, 0.6) is 0 Å². The van der Waals surface area contributed by atoms with Crippen molar-refractivity contribution >= 4 is 5.69 Å². The Hall–Kier alpha value is -1.56. The Balaban J connectivity index is 3.05. The molecule has 0 fully saturated rings. The first kappa shape index (κ1) is 9.53. The van der Waals surface area contributed by atoms with E-state index in [0.29, 0.717) is 5.56 Å². The van der Waals surface area contributed by atoms with Gasteiger partial charge in [0, 0.05) is 25.5 Å². The second kappa shape index (κ2) is 4.46. The summed E-state index contributed by atoms with van der Waals surface area (Å²) in [6, 6.07) is 4.02. The Labute approximate surface area is 78.6 Å². The summed E-state index contributed by atoms with van der Waals surface area (Å²) in [5, 5.41) is 8.84. The van der Waals surface area contributed by atoms with Crippen LogP contribution in [0.25, 0.3) is 0 Å². The molecule has 0 aliphatic heterocycles. The van der Waals surface area contributed by atoms with E-state index >= 15 is 0 Å². The van der Waals surface area contributed by atoms with Crippen molar-refractivity contribution in [2.45, 2.75) is 13.8 Å². The molecule has 13 heavy (non-hydrogen) atoms. The second-order valence-corrected chi connectivity index (χ2v) is 2.68. The van der Waals surface area contributed by atoms with E-state index in [4.69, 9.17) is 5.26 Å². The summed E-state index contributed by atoms with van der Waals surface area (Å²) in [4.78, 5) is 6.06. The number of nitrogens with zero attached hydrogens (tertiary/aromatic N) is 3. The van der Waals surface area contributed by atoms with Gasteiger partial charge in [0.05, 0.1) is 11.3 Å². The molecule has 3 heteroatoms. The van der Waals surface area contributed by atoms with Crippen molar-refractivity contribution < 1.29 is 0 Å². The smallest absolute Gasteiger partial charge is 0.103 e. The van der Waals surface area contributed by atoms with Gasteiger partial charge >= 0.3 is 0 Å². The Morgan fingerprint density at radius 1 is 1.46 bits per heavy atom. The van der Waals surface area contributed by atoms with Gasteiger partial charge in [-0.05, 0) is 19.9 Å². The van der Waals surface area contributed by atoms with Crippen LogP contribution in [0.15, 0.2) is 18.5 Å². The molecule has 0 saturated heterocycles. The van der Waals surface area contributed by atoms with Crippen molar-refractivity contribution in [3.63, 3.8) is 0 Å². The third-order valence-corrected chi connectivity index (χ3v) is 2.02. The average molecular weight is 175 g/mol. The van der Waals surface area contributed by atoms with Crippen molar-refractivity contribution in [3.05, 3.63) is 24.0 Å². The van der Waals surface area contributed by atoms with Crippen molar-refractivity contribution in [3.8, 4) is 6.07 Å². The SMILES string of the molecule is CCN(CC)c1ccncc1C#N. The molecule has 1 heterocycles. The second-order valence-electron chi connectivity index (χ2n) is 2.68. The van der Waals surface area contributed by atoms with Crippen LogP contribution in [0.1, 0.15) is 19.4 Å². The summed E-state index contributed by atoms with van der Waals surface area (Å²) in [7, 11) is 0. The van der Waals surface area contributed by atoms with Gasteiger partial charge in [0.25, 0.3) is 0 Å². The lowest BCUT2D eigenvalue weighted by Crippen LogP contribution is -2.22. The van der Waals surface area contributed by atoms with Crippen LogP contribution in [0, 0.1) is 11.3 Å². The van der Waals surface area contributed by atoms with E-state index in [1.54, 1.807) is 12.4 Å². The van der Waals surface area contributed by atoms with E-state index in [9.17, 15) is 0 Å². The molecular formula is C10H13N3. The third-order valence-electron chi connectivity index (χ3n) is 2.02. The maximum atomic E-state index is 8.84. The minimum absolute atomic E-state index is 0.645. The molecule has 0 bridgehead atoms. The van der Waals surface area contributed by atoms with E-state index < -0.39 is 0 Å². The van der Waals surface area contributed by atoms with Crippen LogP contribution in [0.2, 0.25) is 0 Å². The molecule has 0 atom stereocenters. The minimum atomic E-state index is 0.645. The number of pyridine rings is 1. The fourth-order valence-electron chi connectivity index (χ4n) is 1.31. The fraction of sp³-hybridized carbons (Fsp3) is 0.400. The van der Waals surface area contributed by atoms with Gasteiger partial charge in [-0.3, -0.25) is 4.98 Å². The summed E-state index contributed by atoms with van der Waals surface area (Å²) in [6.07, 6.45) is 3.32. The molecule has 1 rings (SSSR count). The van der Waals surface area contributed by atoms with Crippen LogP contribution >= 0.6 is 0 Å². The molecule has 1 aromatic heterocycles. The topological polar surface area (TPSA) is 39.9 Å². The largest absolute Gasteiger partial charge is 0.371 e. The highest BCUT2D eigenvalue weighted by Gasteiger charge is 2.06. The van der Waals surface area contributed by atoms with Crippen LogP contribution in [0.4, 0.5) is 5.69 Å². The Morgan fingerprint density at radius 2 is 2.15 bits per heavy atom. The Morgan fingerprint density at radius 3 is 2.69 bits per heavy atom. The standard InChI is InChI=1S/C10H13N3/c1-3-13(4-2)10-5-6-12-8-9(10)7-11/h5-6,8H,3-4H2,1-2H3. The maximum Gasteiger partial charge on any atom is 0.103 e. The molecule has 0 amide bonds. The molecule has 0 aromatic carbocycles. The number of hydrogen-bond donors (Lipinski definition) is 0. The van der Waals surface area contributed by atoms with E-state index in [0.717, 1.165) is 18.8 Å². The van der Waals surface area contributed by atoms with Crippen LogP contribution in [-0.4, -0.2) is 18.1 Å². The molecular weight excluding hydrogens is 162 g/mol. The lowest BCUT2D eigenvalue weighted by atomic mass is 10.2. The quantitative estimate of drug-likeness (QED) is 0.703. The highest BCUT2D eigenvalue weighted by Crippen LogP contribution is 2.17. The van der Waals surface area contributed by atoms with E-state index in [2.05, 4.69) is 29.8 Å². The lowest BCUT2D eigenvalue weighted by Gasteiger charge is -2.21. The van der Waals surface area contributed by atoms with Gasteiger partial charge < -0.3 is 4.90 Å². The number of hydrogen-bond acceptors (Lipinski definition) is 3. The molecule has 0 saturated carbocycles. The van der Waals surface area contributed by atoms with E-state index in [-0.39, 0.29) is 0 Å². The first-order chi connectivity index (χ1) is 6.33. The van der Waals surface area contributed by atoms with Crippen molar-refractivity contribution in [2.24, 2.45) is 0 Å².